The number of piperidine rings is 1. The van der Waals surface area contributed by atoms with Crippen LogP contribution in [0.2, 0.25) is 5.02 Å². The SMILES string of the molecule is O=C(/C=C/c1cnc(N[C@@]2(Cc3ccccc3Cl)CCCNC2)cn1)NO. The van der Waals surface area contributed by atoms with Crippen molar-refractivity contribution in [2.75, 3.05) is 18.4 Å². The van der Waals surface area contributed by atoms with Crippen LogP contribution in [0.5, 0.6) is 0 Å². The number of hydrogen-bond acceptors (Lipinski definition) is 6. The first-order chi connectivity index (χ1) is 13.1. The molecule has 1 aromatic heterocycles. The van der Waals surface area contributed by atoms with E-state index in [9.17, 15) is 4.79 Å². The second kappa shape index (κ2) is 8.94. The summed E-state index contributed by atoms with van der Waals surface area (Å²) in [6.45, 7) is 1.80. The predicted octanol–water partition coefficient (Wildman–Crippen LogP) is 2.43. The van der Waals surface area contributed by atoms with Gasteiger partial charge in [-0.25, -0.2) is 10.5 Å². The molecule has 1 aliphatic heterocycles. The maximum Gasteiger partial charge on any atom is 0.267 e. The molecule has 0 saturated carbocycles. The number of carbonyl (C=O) groups excluding carboxylic acids is 1. The van der Waals surface area contributed by atoms with E-state index in [1.165, 1.54) is 17.6 Å². The number of anilines is 1. The van der Waals surface area contributed by atoms with Gasteiger partial charge in [-0.05, 0) is 43.5 Å². The molecule has 2 aromatic rings. The van der Waals surface area contributed by atoms with Gasteiger partial charge in [-0.3, -0.25) is 15.0 Å². The molecule has 2 heterocycles. The molecule has 3 rings (SSSR count). The second-order valence-corrected chi connectivity index (χ2v) is 7.00. The summed E-state index contributed by atoms with van der Waals surface area (Å²) in [7, 11) is 0. The first-order valence-electron chi connectivity index (χ1n) is 8.77. The van der Waals surface area contributed by atoms with Crippen molar-refractivity contribution in [2.24, 2.45) is 0 Å². The van der Waals surface area contributed by atoms with Gasteiger partial charge in [-0.15, -0.1) is 0 Å². The molecule has 1 atom stereocenters. The van der Waals surface area contributed by atoms with Crippen molar-refractivity contribution in [1.29, 1.82) is 0 Å². The van der Waals surface area contributed by atoms with Crippen LogP contribution in [-0.2, 0) is 11.2 Å². The number of hydrogen-bond donors (Lipinski definition) is 4. The Hall–Kier alpha value is -2.48. The molecule has 0 aliphatic carbocycles. The van der Waals surface area contributed by atoms with Gasteiger partial charge in [-0.2, -0.15) is 0 Å². The third-order valence-corrected chi connectivity index (χ3v) is 4.91. The Morgan fingerprint density at radius 3 is 2.85 bits per heavy atom. The summed E-state index contributed by atoms with van der Waals surface area (Å²) in [5.41, 5.74) is 2.94. The van der Waals surface area contributed by atoms with Crippen LogP contribution < -0.4 is 16.1 Å². The monoisotopic (exact) mass is 387 g/mol. The van der Waals surface area contributed by atoms with E-state index in [4.69, 9.17) is 16.8 Å². The Bertz CT molecular complexity index is 804. The van der Waals surface area contributed by atoms with Gasteiger partial charge in [-0.1, -0.05) is 29.8 Å². The summed E-state index contributed by atoms with van der Waals surface area (Å²) in [5.74, 6) is 0.0421. The van der Waals surface area contributed by atoms with E-state index in [1.54, 1.807) is 12.4 Å². The second-order valence-electron chi connectivity index (χ2n) is 6.59. The average molecular weight is 388 g/mol. The lowest BCUT2D eigenvalue weighted by molar-refractivity contribution is -0.124. The minimum absolute atomic E-state index is 0.202. The van der Waals surface area contributed by atoms with Gasteiger partial charge in [0.05, 0.1) is 23.6 Å². The van der Waals surface area contributed by atoms with E-state index in [1.807, 2.05) is 24.3 Å². The number of hydroxylamine groups is 1. The van der Waals surface area contributed by atoms with Crippen LogP contribution in [0.4, 0.5) is 5.82 Å². The van der Waals surface area contributed by atoms with Crippen LogP contribution in [-0.4, -0.2) is 39.7 Å². The van der Waals surface area contributed by atoms with Gasteiger partial charge in [0.1, 0.15) is 5.82 Å². The van der Waals surface area contributed by atoms with E-state index in [2.05, 4.69) is 20.6 Å². The molecule has 1 saturated heterocycles. The molecule has 0 bridgehead atoms. The van der Waals surface area contributed by atoms with Gasteiger partial charge in [0, 0.05) is 17.6 Å². The van der Waals surface area contributed by atoms with E-state index in [0.717, 1.165) is 42.9 Å². The Morgan fingerprint density at radius 2 is 2.19 bits per heavy atom. The smallest absolute Gasteiger partial charge is 0.267 e. The van der Waals surface area contributed by atoms with Crippen molar-refractivity contribution in [1.82, 2.24) is 20.8 Å². The largest absolute Gasteiger partial charge is 0.362 e. The number of rotatable bonds is 6. The zero-order valence-corrected chi connectivity index (χ0v) is 15.5. The summed E-state index contributed by atoms with van der Waals surface area (Å²) < 4.78 is 0. The first-order valence-corrected chi connectivity index (χ1v) is 9.14. The Kier molecular flexibility index (Phi) is 6.39. The van der Waals surface area contributed by atoms with Crippen LogP contribution in [0.3, 0.4) is 0 Å². The molecule has 1 aliphatic rings. The van der Waals surface area contributed by atoms with E-state index < -0.39 is 5.91 Å². The van der Waals surface area contributed by atoms with E-state index >= 15 is 0 Å². The number of benzene rings is 1. The Morgan fingerprint density at radius 1 is 1.33 bits per heavy atom. The standard InChI is InChI=1S/C19H22ClN5O2/c20-16-5-2-1-4-14(16)10-19(8-3-9-21-13-19)24-17-12-22-15(11-23-17)6-7-18(26)25-27/h1-2,4-7,11-12,21,27H,3,8-10,13H2,(H,23,24)(H,25,26)/b7-6+/t19-/m1/s1. The van der Waals surface area contributed by atoms with Crippen molar-refractivity contribution in [3.63, 3.8) is 0 Å². The number of amides is 1. The van der Waals surface area contributed by atoms with Gasteiger partial charge in [0.25, 0.3) is 5.91 Å². The summed E-state index contributed by atoms with van der Waals surface area (Å²) in [5, 5.41) is 16.2. The lowest BCUT2D eigenvalue weighted by Crippen LogP contribution is -2.53. The van der Waals surface area contributed by atoms with Crippen LogP contribution in [0, 0.1) is 0 Å². The predicted molar refractivity (Wildman–Crippen MR) is 105 cm³/mol. The minimum Gasteiger partial charge on any atom is -0.362 e. The van der Waals surface area contributed by atoms with Crippen LogP contribution in [0.25, 0.3) is 6.08 Å². The van der Waals surface area contributed by atoms with E-state index in [0.29, 0.717) is 11.5 Å². The molecule has 8 heteroatoms. The third kappa shape index (κ3) is 5.26. The summed E-state index contributed by atoms with van der Waals surface area (Å²) in [6.07, 6.45) is 8.69. The Labute approximate surface area is 162 Å². The lowest BCUT2D eigenvalue weighted by atomic mass is 9.84. The van der Waals surface area contributed by atoms with Crippen molar-refractivity contribution in [2.45, 2.75) is 24.8 Å². The highest BCUT2D eigenvalue weighted by Gasteiger charge is 2.33. The average Bonchev–Trinajstić information content (AvgIpc) is 2.69. The molecule has 0 radical (unpaired) electrons. The molecule has 4 N–H and O–H groups in total. The highest BCUT2D eigenvalue weighted by Crippen LogP contribution is 2.28. The quantitative estimate of drug-likeness (QED) is 0.345. The van der Waals surface area contributed by atoms with Crippen LogP contribution >= 0.6 is 11.6 Å². The first kappa shape index (κ1) is 19.3. The summed E-state index contributed by atoms with van der Waals surface area (Å²) in [4.78, 5) is 19.7. The maximum atomic E-state index is 11.0. The third-order valence-electron chi connectivity index (χ3n) is 4.54. The molecule has 27 heavy (non-hydrogen) atoms. The number of nitrogens with zero attached hydrogens (tertiary/aromatic N) is 2. The highest BCUT2D eigenvalue weighted by molar-refractivity contribution is 6.31. The zero-order chi connectivity index (χ0) is 19.1. The lowest BCUT2D eigenvalue weighted by Gasteiger charge is -2.39. The number of carbonyl (C=O) groups is 1. The normalized spacial score (nSPS) is 19.8. The number of nitrogens with one attached hydrogen (secondary N) is 3. The molecule has 142 valence electrons. The van der Waals surface area contributed by atoms with Gasteiger partial charge >= 0.3 is 0 Å². The fourth-order valence-corrected chi connectivity index (χ4v) is 3.44. The highest BCUT2D eigenvalue weighted by atomic mass is 35.5. The number of halogens is 1. The van der Waals surface area contributed by atoms with Crippen LogP contribution in [0.1, 0.15) is 24.1 Å². The van der Waals surface area contributed by atoms with E-state index in [-0.39, 0.29) is 5.54 Å². The topological polar surface area (TPSA) is 99.2 Å². The van der Waals surface area contributed by atoms with Gasteiger partial charge < -0.3 is 10.6 Å². The molecule has 7 nitrogen and oxygen atoms in total. The number of aromatic nitrogens is 2. The molecule has 0 unspecified atom stereocenters. The summed E-state index contributed by atoms with van der Waals surface area (Å²) in [6, 6.07) is 7.88. The van der Waals surface area contributed by atoms with Crippen molar-refractivity contribution >= 4 is 29.4 Å². The minimum atomic E-state index is -0.619. The molecular formula is C19H22ClN5O2. The summed E-state index contributed by atoms with van der Waals surface area (Å²) >= 11 is 6.37. The Balaban J connectivity index is 1.75. The zero-order valence-electron chi connectivity index (χ0n) is 14.8. The molecule has 1 amide bonds. The molecular weight excluding hydrogens is 366 g/mol. The molecule has 1 aromatic carbocycles. The van der Waals surface area contributed by atoms with Gasteiger partial charge in [0.2, 0.25) is 0 Å². The fraction of sp³-hybridized carbons (Fsp3) is 0.316. The molecule has 0 spiro atoms. The van der Waals surface area contributed by atoms with Crippen LogP contribution in [0.15, 0.2) is 42.7 Å². The van der Waals surface area contributed by atoms with Crippen molar-refractivity contribution in [3.05, 3.63) is 59.0 Å². The fourth-order valence-electron chi connectivity index (χ4n) is 3.23. The van der Waals surface area contributed by atoms with Crippen molar-refractivity contribution < 1.29 is 10.0 Å². The van der Waals surface area contributed by atoms with Gasteiger partial charge in [0.15, 0.2) is 0 Å². The maximum absolute atomic E-state index is 11.0. The van der Waals surface area contributed by atoms with Crippen molar-refractivity contribution in [3.8, 4) is 0 Å². The molecule has 1 fully saturated rings.